The van der Waals surface area contributed by atoms with Crippen LogP contribution in [0.1, 0.15) is 27.0 Å². The van der Waals surface area contributed by atoms with Crippen molar-refractivity contribution in [1.29, 1.82) is 0 Å². The molecular formula is C19H19NO3. The second kappa shape index (κ2) is 7.40. The second-order valence-corrected chi connectivity index (χ2v) is 5.23. The van der Waals surface area contributed by atoms with Crippen LogP contribution in [0.5, 0.6) is 0 Å². The van der Waals surface area contributed by atoms with Crippen LogP contribution in [0.4, 0.5) is 5.69 Å². The van der Waals surface area contributed by atoms with E-state index in [4.69, 9.17) is 4.74 Å². The third-order valence-corrected chi connectivity index (χ3v) is 3.40. The Labute approximate surface area is 135 Å². The zero-order valence-electron chi connectivity index (χ0n) is 13.4. The standard InChI is InChI=1S/C19H19NO3/c1-13-6-4-8-15(12-13)10-11-17(21)20-18-14(2)7-5-9-16(18)19(22)23-3/h4-12H,1-3H3,(H,20,21)/b11-10+. The molecule has 0 spiro atoms. The average Bonchev–Trinajstić information content (AvgIpc) is 2.54. The quantitative estimate of drug-likeness (QED) is 0.691. The van der Waals surface area contributed by atoms with Crippen molar-refractivity contribution in [2.45, 2.75) is 13.8 Å². The molecule has 0 saturated carbocycles. The van der Waals surface area contributed by atoms with E-state index in [1.54, 1.807) is 18.2 Å². The maximum Gasteiger partial charge on any atom is 0.339 e. The van der Waals surface area contributed by atoms with E-state index in [0.29, 0.717) is 11.3 Å². The Morgan fingerprint density at radius 3 is 2.52 bits per heavy atom. The Morgan fingerprint density at radius 2 is 1.83 bits per heavy atom. The summed E-state index contributed by atoms with van der Waals surface area (Å²) in [5, 5.41) is 2.75. The number of nitrogens with one attached hydrogen (secondary N) is 1. The number of para-hydroxylation sites is 1. The van der Waals surface area contributed by atoms with E-state index in [9.17, 15) is 9.59 Å². The number of ether oxygens (including phenoxy) is 1. The van der Waals surface area contributed by atoms with Gasteiger partial charge in [-0.2, -0.15) is 0 Å². The van der Waals surface area contributed by atoms with Gasteiger partial charge in [0.25, 0.3) is 0 Å². The van der Waals surface area contributed by atoms with E-state index in [-0.39, 0.29) is 5.91 Å². The van der Waals surface area contributed by atoms with Crippen LogP contribution in [0.15, 0.2) is 48.5 Å². The maximum absolute atomic E-state index is 12.1. The normalized spacial score (nSPS) is 10.6. The molecule has 0 bridgehead atoms. The lowest BCUT2D eigenvalue weighted by atomic mass is 10.1. The largest absolute Gasteiger partial charge is 0.465 e. The minimum Gasteiger partial charge on any atom is -0.465 e. The summed E-state index contributed by atoms with van der Waals surface area (Å²) in [5.41, 5.74) is 3.67. The topological polar surface area (TPSA) is 55.4 Å². The smallest absolute Gasteiger partial charge is 0.339 e. The fourth-order valence-electron chi connectivity index (χ4n) is 2.22. The fourth-order valence-corrected chi connectivity index (χ4v) is 2.22. The minimum absolute atomic E-state index is 0.300. The minimum atomic E-state index is -0.480. The average molecular weight is 309 g/mol. The van der Waals surface area contributed by atoms with Crippen LogP contribution in [0.3, 0.4) is 0 Å². The lowest BCUT2D eigenvalue weighted by Crippen LogP contribution is -2.14. The van der Waals surface area contributed by atoms with Gasteiger partial charge >= 0.3 is 5.97 Å². The number of rotatable bonds is 4. The zero-order valence-corrected chi connectivity index (χ0v) is 13.4. The van der Waals surface area contributed by atoms with E-state index in [1.807, 2.05) is 44.2 Å². The van der Waals surface area contributed by atoms with Gasteiger partial charge in [-0.25, -0.2) is 4.79 Å². The number of methoxy groups -OCH3 is 1. The van der Waals surface area contributed by atoms with Gasteiger partial charge in [0.15, 0.2) is 0 Å². The molecule has 0 aliphatic carbocycles. The van der Waals surface area contributed by atoms with Crippen LogP contribution >= 0.6 is 0 Å². The predicted octanol–water partition coefficient (Wildman–Crippen LogP) is 3.74. The Kier molecular flexibility index (Phi) is 5.31. The van der Waals surface area contributed by atoms with E-state index in [2.05, 4.69) is 5.32 Å². The Bertz CT molecular complexity index is 763. The summed E-state index contributed by atoms with van der Waals surface area (Å²) in [4.78, 5) is 23.9. The Balaban J connectivity index is 2.19. The SMILES string of the molecule is COC(=O)c1cccc(C)c1NC(=O)/C=C/c1cccc(C)c1. The molecule has 0 aromatic heterocycles. The van der Waals surface area contributed by atoms with Gasteiger partial charge in [0.2, 0.25) is 5.91 Å². The van der Waals surface area contributed by atoms with Gasteiger partial charge in [-0.15, -0.1) is 0 Å². The molecule has 0 fully saturated rings. The Morgan fingerprint density at radius 1 is 1.09 bits per heavy atom. The first-order valence-electron chi connectivity index (χ1n) is 7.25. The molecule has 0 saturated heterocycles. The molecule has 0 unspecified atom stereocenters. The number of amides is 1. The molecule has 0 atom stereocenters. The lowest BCUT2D eigenvalue weighted by Gasteiger charge is -2.11. The van der Waals surface area contributed by atoms with E-state index >= 15 is 0 Å². The van der Waals surface area contributed by atoms with E-state index in [0.717, 1.165) is 16.7 Å². The summed E-state index contributed by atoms with van der Waals surface area (Å²) in [6.45, 7) is 3.82. The van der Waals surface area contributed by atoms with Crippen LogP contribution in [0, 0.1) is 13.8 Å². The van der Waals surface area contributed by atoms with Gasteiger partial charge in [0, 0.05) is 6.08 Å². The molecular weight excluding hydrogens is 290 g/mol. The highest BCUT2D eigenvalue weighted by atomic mass is 16.5. The highest BCUT2D eigenvalue weighted by Gasteiger charge is 2.14. The molecule has 4 heteroatoms. The van der Waals surface area contributed by atoms with Gasteiger partial charge in [-0.05, 0) is 37.1 Å². The first kappa shape index (κ1) is 16.5. The van der Waals surface area contributed by atoms with Crippen molar-refractivity contribution >= 4 is 23.6 Å². The van der Waals surface area contributed by atoms with Crippen molar-refractivity contribution < 1.29 is 14.3 Å². The third kappa shape index (κ3) is 4.30. The highest BCUT2D eigenvalue weighted by Crippen LogP contribution is 2.21. The summed E-state index contributed by atoms with van der Waals surface area (Å²) >= 11 is 0. The number of aryl methyl sites for hydroxylation is 2. The number of esters is 1. The molecule has 23 heavy (non-hydrogen) atoms. The van der Waals surface area contributed by atoms with Gasteiger partial charge in [0.05, 0.1) is 18.4 Å². The van der Waals surface area contributed by atoms with Crippen molar-refractivity contribution in [3.8, 4) is 0 Å². The van der Waals surface area contributed by atoms with Crippen LogP contribution in [0.25, 0.3) is 6.08 Å². The van der Waals surface area contributed by atoms with E-state index < -0.39 is 5.97 Å². The number of carbonyl (C=O) groups is 2. The molecule has 1 N–H and O–H groups in total. The van der Waals surface area contributed by atoms with Crippen molar-refractivity contribution in [1.82, 2.24) is 0 Å². The van der Waals surface area contributed by atoms with Gasteiger partial charge in [-0.3, -0.25) is 4.79 Å². The molecule has 0 aliphatic heterocycles. The maximum atomic E-state index is 12.1. The lowest BCUT2D eigenvalue weighted by molar-refractivity contribution is -0.111. The molecule has 2 aromatic carbocycles. The number of hydrogen-bond acceptors (Lipinski definition) is 3. The molecule has 4 nitrogen and oxygen atoms in total. The summed E-state index contributed by atoms with van der Waals surface area (Å²) in [6.07, 6.45) is 3.18. The second-order valence-electron chi connectivity index (χ2n) is 5.23. The van der Waals surface area contributed by atoms with Crippen molar-refractivity contribution in [3.05, 3.63) is 70.8 Å². The molecule has 118 valence electrons. The van der Waals surface area contributed by atoms with Crippen LogP contribution in [0.2, 0.25) is 0 Å². The summed E-state index contributed by atoms with van der Waals surface area (Å²) in [7, 11) is 1.31. The molecule has 1 amide bonds. The number of carbonyl (C=O) groups excluding carboxylic acids is 2. The summed E-state index contributed by atoms with van der Waals surface area (Å²) in [5.74, 6) is -0.780. The molecule has 0 aliphatic rings. The molecule has 0 heterocycles. The zero-order chi connectivity index (χ0) is 16.8. The van der Waals surface area contributed by atoms with Crippen LogP contribution in [-0.2, 0) is 9.53 Å². The predicted molar refractivity (Wildman–Crippen MR) is 91.4 cm³/mol. The highest BCUT2D eigenvalue weighted by molar-refractivity contribution is 6.07. The van der Waals surface area contributed by atoms with Gasteiger partial charge in [0.1, 0.15) is 0 Å². The fraction of sp³-hybridized carbons (Fsp3) is 0.158. The summed E-state index contributed by atoms with van der Waals surface area (Å²) in [6, 6.07) is 13.0. The number of benzene rings is 2. The molecule has 2 aromatic rings. The van der Waals surface area contributed by atoms with Crippen LogP contribution < -0.4 is 5.32 Å². The summed E-state index contributed by atoms with van der Waals surface area (Å²) < 4.78 is 4.75. The van der Waals surface area contributed by atoms with Crippen molar-refractivity contribution in [2.75, 3.05) is 12.4 Å². The van der Waals surface area contributed by atoms with Crippen molar-refractivity contribution in [3.63, 3.8) is 0 Å². The first-order valence-corrected chi connectivity index (χ1v) is 7.25. The molecule has 0 radical (unpaired) electrons. The monoisotopic (exact) mass is 309 g/mol. The first-order chi connectivity index (χ1) is 11.0. The van der Waals surface area contributed by atoms with Crippen molar-refractivity contribution in [2.24, 2.45) is 0 Å². The van der Waals surface area contributed by atoms with Crippen LogP contribution in [-0.4, -0.2) is 19.0 Å². The van der Waals surface area contributed by atoms with Gasteiger partial charge < -0.3 is 10.1 Å². The number of anilines is 1. The molecule has 2 rings (SSSR count). The van der Waals surface area contributed by atoms with E-state index in [1.165, 1.54) is 13.2 Å². The van der Waals surface area contributed by atoms with Gasteiger partial charge in [-0.1, -0.05) is 42.0 Å². The third-order valence-electron chi connectivity index (χ3n) is 3.40. The Hall–Kier alpha value is -2.88. The number of hydrogen-bond donors (Lipinski definition) is 1.